The Hall–Kier alpha value is -5.84. The second-order valence-electron chi connectivity index (χ2n) is 21.0. The molecule has 2 aromatic heterocycles. The van der Waals surface area contributed by atoms with Gasteiger partial charge in [0.25, 0.3) is 5.91 Å². The minimum atomic E-state index is -1.14. The molecule has 0 aliphatic carbocycles. The van der Waals surface area contributed by atoms with E-state index in [0.717, 1.165) is 44.5 Å². The molecule has 69 heavy (non-hydrogen) atoms. The molecule has 1 spiro atoms. The average Bonchev–Trinajstić information content (AvgIpc) is 4.10. The number of phenols is 1. The molecular formula is C53H68N8O8. The van der Waals surface area contributed by atoms with E-state index in [9.17, 15) is 29.1 Å². The van der Waals surface area contributed by atoms with Gasteiger partial charge in [-0.2, -0.15) is 0 Å². The third-order valence-electron chi connectivity index (χ3n) is 15.2. The predicted molar refractivity (Wildman–Crippen MR) is 260 cm³/mol. The summed E-state index contributed by atoms with van der Waals surface area (Å²) in [5, 5.41) is 20.0. The van der Waals surface area contributed by atoms with Crippen molar-refractivity contribution in [1.29, 1.82) is 0 Å². The van der Waals surface area contributed by atoms with Crippen molar-refractivity contribution in [3.05, 3.63) is 71.5 Å². The second-order valence-corrected chi connectivity index (χ2v) is 21.0. The first-order valence-corrected chi connectivity index (χ1v) is 24.9. The lowest BCUT2D eigenvalue weighted by molar-refractivity contribution is -0.155. The first-order valence-electron chi connectivity index (χ1n) is 24.9. The number of fused-ring (bicyclic) bond motifs is 6. The van der Waals surface area contributed by atoms with Crippen LogP contribution in [0.1, 0.15) is 96.6 Å². The smallest absolute Gasteiger partial charge is 0.324 e. The van der Waals surface area contributed by atoms with Crippen molar-refractivity contribution in [2.24, 2.45) is 16.7 Å². The summed E-state index contributed by atoms with van der Waals surface area (Å²) in [7, 11) is 1.68. The summed E-state index contributed by atoms with van der Waals surface area (Å²) in [5.41, 5.74) is 9.01. The molecule has 16 nitrogen and oxygen atoms in total. The van der Waals surface area contributed by atoms with Gasteiger partial charge in [0.2, 0.25) is 17.7 Å². The van der Waals surface area contributed by atoms with Crippen molar-refractivity contribution in [2.75, 3.05) is 46.4 Å². The third kappa shape index (κ3) is 9.47. The van der Waals surface area contributed by atoms with Crippen LogP contribution in [0.2, 0.25) is 0 Å². The highest BCUT2D eigenvalue weighted by Crippen LogP contribution is 2.44. The van der Waals surface area contributed by atoms with Gasteiger partial charge in [0.15, 0.2) is 0 Å². The highest BCUT2D eigenvalue weighted by Gasteiger charge is 2.52. The number of likely N-dealkylation sites (tertiary alicyclic amines) is 2. The molecule has 16 heteroatoms. The molecule has 5 atom stereocenters. The van der Waals surface area contributed by atoms with Crippen LogP contribution in [0, 0.1) is 16.7 Å². The van der Waals surface area contributed by atoms with Crippen LogP contribution in [-0.4, -0.2) is 130 Å². The van der Waals surface area contributed by atoms with Gasteiger partial charge in [-0.15, -0.1) is 0 Å². The number of carbonyl (C=O) groups excluding carboxylic acids is 5. The van der Waals surface area contributed by atoms with Crippen LogP contribution in [0.15, 0.2) is 54.7 Å². The number of hydrogen-bond acceptors (Lipinski definition) is 11. The maximum Gasteiger partial charge on any atom is 0.324 e. The molecular weight excluding hydrogens is 877 g/mol. The largest absolute Gasteiger partial charge is 0.508 e. The van der Waals surface area contributed by atoms with Crippen LogP contribution >= 0.6 is 0 Å². The Morgan fingerprint density at radius 3 is 2.46 bits per heavy atom. The van der Waals surface area contributed by atoms with Crippen LogP contribution in [-0.2, 0) is 52.8 Å². The summed E-state index contributed by atoms with van der Waals surface area (Å²) >= 11 is 0. The number of methoxy groups -OCH3 is 1. The Morgan fingerprint density at radius 1 is 1.00 bits per heavy atom. The van der Waals surface area contributed by atoms with E-state index in [0.29, 0.717) is 83.4 Å². The van der Waals surface area contributed by atoms with Crippen molar-refractivity contribution < 1.29 is 38.6 Å². The highest BCUT2D eigenvalue weighted by atomic mass is 16.5. The standard InChI is InChI=1S/C53H68N8O8/c1-8-59-43-14-13-34-27-38(43)39(46(59)37-11-9-18-54-44(37)32(4)68-7)28-52(5,6)30-69-50(66)40-12-10-19-61(57-40)49(65)41(25-33-23-35(34)26-36(62)24-33)56-47(63)45(31(2)3)60-22-17-53(51(60)67)15-20-58(21-16-53)48(64)42-29-55-42/h9,11,13-14,18,23-24,26-27,31-32,40-42,45,55,57,62H,8,10,12,15-17,19-22,25,28-30H2,1-7H3,(H,56,63)/t32-,40-,41-,42+,45?/m0/s1. The number of piperidine rings is 1. The number of benzene rings is 2. The maximum atomic E-state index is 14.8. The molecule has 4 amide bonds. The Labute approximate surface area is 404 Å². The summed E-state index contributed by atoms with van der Waals surface area (Å²) in [5.74, 6) is -1.67. The number of cyclic esters (lactones) is 1. The average molecular weight is 945 g/mol. The molecule has 5 aliphatic heterocycles. The first kappa shape index (κ1) is 48.2. The van der Waals surface area contributed by atoms with Gasteiger partial charge >= 0.3 is 5.97 Å². The van der Waals surface area contributed by atoms with Gasteiger partial charge in [-0.3, -0.25) is 34.0 Å². The SMILES string of the molecule is CCn1c(-c2cccnc2[C@H](C)OC)c2c3cc(ccc31)-c1cc(O)cc(c1)C[C@H](NC(=O)C(C(C)C)N1CCC3(CCN(C(=O)[C@H]4CN4)CC3)C1=O)C(=O)N1CCC[C@H](N1)C(=O)OCC(C)(C)C2. The molecule has 9 rings (SSSR count). The molecule has 368 valence electrons. The fourth-order valence-electron chi connectivity index (χ4n) is 11.3. The molecule has 0 radical (unpaired) electrons. The summed E-state index contributed by atoms with van der Waals surface area (Å²) in [4.78, 5) is 79.2. The maximum absolute atomic E-state index is 14.8. The fraction of sp³-hybridized carbons (Fsp3) is 0.547. The second kappa shape index (κ2) is 19.2. The van der Waals surface area contributed by atoms with Crippen molar-refractivity contribution in [3.63, 3.8) is 0 Å². The fourth-order valence-corrected chi connectivity index (χ4v) is 11.3. The summed E-state index contributed by atoms with van der Waals surface area (Å²) in [6.45, 7) is 15.2. The van der Waals surface area contributed by atoms with E-state index in [2.05, 4.69) is 59.6 Å². The molecule has 0 saturated carbocycles. The third-order valence-corrected chi connectivity index (χ3v) is 15.2. The van der Waals surface area contributed by atoms with Gasteiger partial charge in [-0.05, 0) is 117 Å². The molecule has 5 aliphatic rings. The Morgan fingerprint density at radius 2 is 1.75 bits per heavy atom. The Balaban J connectivity index is 1.08. The quantitative estimate of drug-likeness (QED) is 0.126. The number of hydrogen-bond donors (Lipinski definition) is 4. The number of hydrazine groups is 1. The summed E-state index contributed by atoms with van der Waals surface area (Å²) in [6, 6.07) is 12.6. The zero-order valence-electron chi connectivity index (χ0n) is 41.1. The van der Waals surface area contributed by atoms with Gasteiger partial charge in [-0.25, -0.2) is 5.43 Å². The molecule has 4 aromatic rings. The summed E-state index contributed by atoms with van der Waals surface area (Å²) in [6.07, 6.45) is 4.69. The van der Waals surface area contributed by atoms with Crippen molar-refractivity contribution in [3.8, 4) is 28.1 Å². The van der Waals surface area contributed by atoms with Crippen LogP contribution in [0.4, 0.5) is 0 Å². The molecule has 4 fully saturated rings. The number of nitrogens with zero attached hydrogens (tertiary/aromatic N) is 5. The number of pyridine rings is 1. The summed E-state index contributed by atoms with van der Waals surface area (Å²) < 4.78 is 14.3. The monoisotopic (exact) mass is 945 g/mol. The number of phenolic OH excluding ortho intramolecular Hbond substituents is 1. The highest BCUT2D eigenvalue weighted by molar-refractivity contribution is 5.97. The van der Waals surface area contributed by atoms with Gasteiger partial charge in [0.05, 0.1) is 35.6 Å². The number of rotatable bonds is 9. The molecule has 4 N–H and O–H groups in total. The minimum absolute atomic E-state index is 0.00400. The number of ether oxygens (including phenoxy) is 2. The van der Waals surface area contributed by atoms with E-state index < -0.39 is 46.7 Å². The van der Waals surface area contributed by atoms with E-state index >= 15 is 0 Å². The van der Waals surface area contributed by atoms with Gasteiger partial charge in [0, 0.05) is 80.9 Å². The normalized spacial score (nSPS) is 23.5. The first-order chi connectivity index (χ1) is 33.0. The van der Waals surface area contributed by atoms with Crippen LogP contribution in [0.3, 0.4) is 0 Å². The number of aromatic hydroxyl groups is 1. The topological polar surface area (TPSA) is 198 Å². The van der Waals surface area contributed by atoms with Gasteiger partial charge < -0.3 is 39.6 Å². The zero-order chi connectivity index (χ0) is 48.9. The van der Waals surface area contributed by atoms with Crippen molar-refractivity contribution in [1.82, 2.24) is 40.4 Å². The lowest BCUT2D eigenvalue weighted by Crippen LogP contribution is -2.62. The minimum Gasteiger partial charge on any atom is -0.508 e. The number of amides is 4. The molecule has 2 aromatic carbocycles. The van der Waals surface area contributed by atoms with Crippen molar-refractivity contribution in [2.45, 2.75) is 123 Å². The number of carbonyl (C=O) groups is 5. The Bertz CT molecular complexity index is 2650. The molecule has 7 heterocycles. The lowest BCUT2D eigenvalue weighted by Gasteiger charge is -2.39. The van der Waals surface area contributed by atoms with Crippen LogP contribution in [0.5, 0.6) is 5.75 Å². The number of aromatic nitrogens is 2. The van der Waals surface area contributed by atoms with Gasteiger partial charge in [0.1, 0.15) is 23.9 Å². The van der Waals surface area contributed by atoms with E-state index in [-0.39, 0.29) is 48.7 Å². The molecule has 6 bridgehead atoms. The number of aryl methyl sites for hydroxylation is 1. The molecule has 1 unspecified atom stereocenters. The lowest BCUT2D eigenvalue weighted by atomic mass is 9.77. The van der Waals surface area contributed by atoms with Crippen LogP contribution < -0.4 is 16.1 Å². The van der Waals surface area contributed by atoms with E-state index in [4.69, 9.17) is 14.5 Å². The Kier molecular flexibility index (Phi) is 13.4. The number of nitrogens with one attached hydrogen (secondary N) is 3. The van der Waals surface area contributed by atoms with E-state index in [1.807, 2.05) is 43.9 Å². The predicted octanol–water partition coefficient (Wildman–Crippen LogP) is 5.29. The zero-order valence-corrected chi connectivity index (χ0v) is 41.1. The van der Waals surface area contributed by atoms with Crippen molar-refractivity contribution >= 4 is 40.5 Å². The van der Waals surface area contributed by atoms with E-state index in [1.165, 1.54) is 5.01 Å². The van der Waals surface area contributed by atoms with E-state index in [1.54, 1.807) is 30.3 Å². The number of esters is 1. The van der Waals surface area contributed by atoms with Gasteiger partial charge in [-0.1, -0.05) is 39.8 Å². The van der Waals surface area contributed by atoms with Crippen LogP contribution in [0.25, 0.3) is 33.3 Å². The molecule has 4 saturated heterocycles.